The van der Waals surface area contributed by atoms with Gasteiger partial charge < -0.3 is 10.2 Å². The van der Waals surface area contributed by atoms with Crippen molar-refractivity contribution in [2.45, 2.75) is 72.1 Å². The Labute approximate surface area is 191 Å². The molecular formula is C26H36N4O2. The molecule has 2 atom stereocenters. The Morgan fingerprint density at radius 3 is 2.41 bits per heavy atom. The second-order valence-electron chi connectivity index (χ2n) is 9.01. The van der Waals surface area contributed by atoms with E-state index in [0.717, 1.165) is 54.1 Å². The van der Waals surface area contributed by atoms with Gasteiger partial charge in [-0.15, -0.1) is 0 Å². The van der Waals surface area contributed by atoms with E-state index in [1.807, 2.05) is 44.7 Å². The van der Waals surface area contributed by atoms with Gasteiger partial charge in [-0.1, -0.05) is 36.8 Å². The van der Waals surface area contributed by atoms with Crippen LogP contribution in [0.3, 0.4) is 0 Å². The Bertz CT molecular complexity index is 932. The van der Waals surface area contributed by atoms with Gasteiger partial charge in [-0.3, -0.25) is 9.59 Å². The van der Waals surface area contributed by atoms with Crippen LogP contribution in [0.5, 0.6) is 0 Å². The Balaban J connectivity index is 1.71. The zero-order chi connectivity index (χ0) is 23.3. The van der Waals surface area contributed by atoms with Crippen molar-refractivity contribution in [1.82, 2.24) is 20.2 Å². The highest BCUT2D eigenvalue weighted by atomic mass is 16.2. The van der Waals surface area contributed by atoms with Gasteiger partial charge in [0, 0.05) is 42.5 Å². The van der Waals surface area contributed by atoms with Crippen molar-refractivity contribution in [1.29, 1.82) is 0 Å². The van der Waals surface area contributed by atoms with E-state index in [4.69, 9.17) is 9.97 Å². The molecule has 1 aliphatic heterocycles. The number of amides is 2. The smallest absolute Gasteiger partial charge is 0.229 e. The van der Waals surface area contributed by atoms with E-state index in [2.05, 4.69) is 24.4 Å². The molecule has 0 unspecified atom stereocenters. The van der Waals surface area contributed by atoms with E-state index in [1.165, 1.54) is 5.56 Å². The molecule has 6 nitrogen and oxygen atoms in total. The number of piperidine rings is 1. The van der Waals surface area contributed by atoms with Crippen LogP contribution >= 0.6 is 0 Å². The standard InChI is InChI=1S/C26H36N4O2/c1-6-13-27-24(31)15-23-19(4)28-25(29-20(23)5)22-8-7-14-30(16-22)26(32)18(3)21-11-9-17(2)10-12-21/h9-12,18,22H,6-8,13-16H2,1-5H3,(H,27,31)/t18-,22-/m1/s1. The minimum atomic E-state index is -0.164. The second kappa shape index (κ2) is 10.7. The first-order valence-electron chi connectivity index (χ1n) is 11.8. The fourth-order valence-corrected chi connectivity index (χ4v) is 4.35. The normalized spacial score (nSPS) is 17.2. The molecule has 1 aromatic heterocycles. The molecule has 3 rings (SSSR count). The maximum Gasteiger partial charge on any atom is 0.229 e. The third-order valence-electron chi connectivity index (χ3n) is 6.39. The molecule has 1 aliphatic rings. The molecule has 0 spiro atoms. The second-order valence-corrected chi connectivity index (χ2v) is 9.01. The first kappa shape index (κ1) is 23.9. The molecule has 2 aromatic rings. The molecule has 1 aromatic carbocycles. The molecular weight excluding hydrogens is 400 g/mol. The van der Waals surface area contributed by atoms with Crippen LogP contribution in [-0.2, 0) is 16.0 Å². The third kappa shape index (κ3) is 5.72. The molecule has 0 bridgehead atoms. The van der Waals surface area contributed by atoms with Crippen LogP contribution in [0, 0.1) is 20.8 Å². The number of hydrogen-bond acceptors (Lipinski definition) is 4. The van der Waals surface area contributed by atoms with Gasteiger partial charge in [0.25, 0.3) is 0 Å². The van der Waals surface area contributed by atoms with Crippen LogP contribution in [-0.4, -0.2) is 46.3 Å². The Morgan fingerprint density at radius 1 is 1.12 bits per heavy atom. The third-order valence-corrected chi connectivity index (χ3v) is 6.39. The van der Waals surface area contributed by atoms with Crippen LogP contribution < -0.4 is 5.32 Å². The van der Waals surface area contributed by atoms with Gasteiger partial charge in [0.1, 0.15) is 5.82 Å². The lowest BCUT2D eigenvalue weighted by molar-refractivity contribution is -0.133. The van der Waals surface area contributed by atoms with Crippen molar-refractivity contribution in [3.8, 4) is 0 Å². The number of carbonyl (C=O) groups excluding carboxylic acids is 2. The van der Waals surface area contributed by atoms with Crippen molar-refractivity contribution in [2.24, 2.45) is 0 Å². The Morgan fingerprint density at radius 2 is 1.78 bits per heavy atom. The number of nitrogens with one attached hydrogen (secondary N) is 1. The maximum atomic E-state index is 13.2. The summed E-state index contributed by atoms with van der Waals surface area (Å²) in [6, 6.07) is 8.21. The molecule has 0 saturated carbocycles. The molecule has 172 valence electrons. The largest absolute Gasteiger partial charge is 0.356 e. The minimum Gasteiger partial charge on any atom is -0.356 e. The predicted molar refractivity (Wildman–Crippen MR) is 127 cm³/mol. The van der Waals surface area contributed by atoms with E-state index >= 15 is 0 Å². The van der Waals surface area contributed by atoms with E-state index in [1.54, 1.807) is 0 Å². The quantitative estimate of drug-likeness (QED) is 0.712. The van der Waals surface area contributed by atoms with Gasteiger partial charge in [-0.2, -0.15) is 0 Å². The summed E-state index contributed by atoms with van der Waals surface area (Å²) in [5.74, 6) is 0.921. The topological polar surface area (TPSA) is 75.2 Å². The summed E-state index contributed by atoms with van der Waals surface area (Å²) in [6.45, 7) is 12.1. The molecule has 2 heterocycles. The molecule has 32 heavy (non-hydrogen) atoms. The SMILES string of the molecule is CCCNC(=O)Cc1c(C)nc([C@@H]2CCCN(C(=O)[C@H](C)c3ccc(C)cc3)C2)nc1C. The van der Waals surface area contributed by atoms with Crippen molar-refractivity contribution in [3.63, 3.8) is 0 Å². The number of benzene rings is 1. The lowest BCUT2D eigenvalue weighted by Gasteiger charge is -2.34. The molecule has 6 heteroatoms. The van der Waals surface area contributed by atoms with Crippen LogP contribution in [0.15, 0.2) is 24.3 Å². The number of aromatic nitrogens is 2. The van der Waals surface area contributed by atoms with Gasteiger partial charge in [0.05, 0.1) is 12.3 Å². The monoisotopic (exact) mass is 436 g/mol. The fourth-order valence-electron chi connectivity index (χ4n) is 4.35. The summed E-state index contributed by atoms with van der Waals surface area (Å²) in [4.78, 5) is 36.9. The minimum absolute atomic E-state index is 0.00827. The summed E-state index contributed by atoms with van der Waals surface area (Å²) in [7, 11) is 0. The van der Waals surface area contributed by atoms with Gasteiger partial charge in [0.2, 0.25) is 11.8 Å². The summed E-state index contributed by atoms with van der Waals surface area (Å²) in [6.07, 6.45) is 3.14. The zero-order valence-electron chi connectivity index (χ0n) is 20.1. The van der Waals surface area contributed by atoms with Crippen LogP contribution in [0.4, 0.5) is 0 Å². The fraction of sp³-hybridized carbons (Fsp3) is 0.538. The molecule has 0 radical (unpaired) electrons. The maximum absolute atomic E-state index is 13.2. The van der Waals surface area contributed by atoms with Crippen LogP contribution in [0.2, 0.25) is 0 Å². The summed E-state index contributed by atoms with van der Waals surface area (Å²) >= 11 is 0. The number of hydrogen-bond donors (Lipinski definition) is 1. The van der Waals surface area contributed by atoms with Gasteiger partial charge in [0.15, 0.2) is 0 Å². The number of aryl methyl sites for hydroxylation is 3. The van der Waals surface area contributed by atoms with Gasteiger partial charge in [-0.25, -0.2) is 9.97 Å². The first-order chi connectivity index (χ1) is 15.3. The molecule has 1 fully saturated rings. The van der Waals surface area contributed by atoms with Crippen molar-refractivity contribution < 1.29 is 9.59 Å². The van der Waals surface area contributed by atoms with Gasteiger partial charge >= 0.3 is 0 Å². The summed E-state index contributed by atoms with van der Waals surface area (Å²) < 4.78 is 0. The van der Waals surface area contributed by atoms with Crippen molar-refractivity contribution in [2.75, 3.05) is 19.6 Å². The van der Waals surface area contributed by atoms with E-state index in [-0.39, 0.29) is 23.7 Å². The highest BCUT2D eigenvalue weighted by Gasteiger charge is 2.30. The summed E-state index contributed by atoms with van der Waals surface area (Å²) in [5, 5.41) is 2.92. The lowest BCUT2D eigenvalue weighted by Crippen LogP contribution is -2.41. The summed E-state index contributed by atoms with van der Waals surface area (Å²) in [5.41, 5.74) is 4.86. The average Bonchev–Trinajstić information content (AvgIpc) is 2.79. The lowest BCUT2D eigenvalue weighted by atomic mass is 9.93. The first-order valence-corrected chi connectivity index (χ1v) is 11.8. The highest BCUT2D eigenvalue weighted by Crippen LogP contribution is 2.28. The van der Waals surface area contributed by atoms with E-state index < -0.39 is 0 Å². The number of nitrogens with zero attached hydrogens (tertiary/aromatic N) is 3. The number of rotatable bonds is 7. The number of likely N-dealkylation sites (tertiary alicyclic amines) is 1. The predicted octanol–water partition coefficient (Wildman–Crippen LogP) is 3.98. The van der Waals surface area contributed by atoms with E-state index in [9.17, 15) is 9.59 Å². The number of carbonyl (C=O) groups is 2. The van der Waals surface area contributed by atoms with E-state index in [0.29, 0.717) is 19.5 Å². The van der Waals surface area contributed by atoms with Gasteiger partial charge in [-0.05, 0) is 52.5 Å². The van der Waals surface area contributed by atoms with Crippen LogP contribution in [0.25, 0.3) is 0 Å². The molecule has 1 saturated heterocycles. The Kier molecular flexibility index (Phi) is 7.99. The Hall–Kier alpha value is -2.76. The van der Waals surface area contributed by atoms with Crippen molar-refractivity contribution in [3.05, 3.63) is 58.2 Å². The van der Waals surface area contributed by atoms with Crippen molar-refractivity contribution >= 4 is 11.8 Å². The highest BCUT2D eigenvalue weighted by molar-refractivity contribution is 5.83. The average molecular weight is 437 g/mol. The molecule has 0 aliphatic carbocycles. The zero-order valence-corrected chi connectivity index (χ0v) is 20.1. The molecule has 1 N–H and O–H groups in total. The molecule has 2 amide bonds. The van der Waals surface area contributed by atoms with Crippen LogP contribution in [0.1, 0.15) is 78.8 Å².